The van der Waals surface area contributed by atoms with Gasteiger partial charge in [-0.25, -0.2) is 0 Å². The van der Waals surface area contributed by atoms with Crippen LogP contribution in [0.3, 0.4) is 0 Å². The lowest BCUT2D eigenvalue weighted by molar-refractivity contribution is 0.364. The first-order valence-electron chi connectivity index (χ1n) is 8.11. The van der Waals surface area contributed by atoms with Crippen LogP contribution in [-0.2, 0) is 6.54 Å². The predicted molar refractivity (Wildman–Crippen MR) is 88.3 cm³/mol. The molecule has 112 valence electrons. The van der Waals surface area contributed by atoms with Crippen molar-refractivity contribution in [3.8, 4) is 0 Å². The molecule has 1 saturated carbocycles. The smallest absolute Gasteiger partial charge is 0.0366 e. The van der Waals surface area contributed by atoms with Crippen molar-refractivity contribution in [2.24, 2.45) is 5.41 Å². The van der Waals surface area contributed by atoms with Crippen LogP contribution >= 0.6 is 0 Å². The van der Waals surface area contributed by atoms with E-state index in [1.165, 1.54) is 30.5 Å². The van der Waals surface area contributed by atoms with Crippen LogP contribution in [0, 0.1) is 5.41 Å². The fourth-order valence-corrected chi connectivity index (χ4v) is 3.29. The van der Waals surface area contributed by atoms with E-state index in [0.29, 0.717) is 11.5 Å². The maximum atomic E-state index is 3.72. The van der Waals surface area contributed by atoms with Crippen LogP contribution in [0.2, 0.25) is 0 Å². The minimum Gasteiger partial charge on any atom is -0.372 e. The number of nitrogens with zero attached hydrogens (tertiary/aromatic N) is 1. The van der Waals surface area contributed by atoms with Crippen LogP contribution in [0.5, 0.6) is 0 Å². The van der Waals surface area contributed by atoms with Gasteiger partial charge in [0.15, 0.2) is 0 Å². The standard InChI is InChI=1S/C18H30N2/c1-5-20(6-2)17-9-7-15(8-10-17)14-19-16-11-12-18(3,4)13-16/h7-10,16,19H,5-6,11-14H2,1-4H3. The summed E-state index contributed by atoms with van der Waals surface area (Å²) in [5.41, 5.74) is 3.26. The lowest BCUT2D eigenvalue weighted by atomic mass is 9.92. The monoisotopic (exact) mass is 274 g/mol. The van der Waals surface area contributed by atoms with Crippen LogP contribution in [0.15, 0.2) is 24.3 Å². The first kappa shape index (κ1) is 15.4. The largest absolute Gasteiger partial charge is 0.372 e. The summed E-state index contributed by atoms with van der Waals surface area (Å²) in [4.78, 5) is 2.39. The molecule has 20 heavy (non-hydrogen) atoms. The Hall–Kier alpha value is -1.02. The lowest BCUT2D eigenvalue weighted by Gasteiger charge is -2.21. The summed E-state index contributed by atoms with van der Waals surface area (Å²) < 4.78 is 0. The molecule has 0 heterocycles. The first-order valence-corrected chi connectivity index (χ1v) is 8.11. The van der Waals surface area contributed by atoms with Gasteiger partial charge >= 0.3 is 0 Å². The van der Waals surface area contributed by atoms with E-state index in [1.54, 1.807) is 0 Å². The molecule has 0 amide bonds. The molecular weight excluding hydrogens is 244 g/mol. The van der Waals surface area contributed by atoms with Crippen molar-refractivity contribution in [1.29, 1.82) is 0 Å². The number of hydrogen-bond donors (Lipinski definition) is 1. The van der Waals surface area contributed by atoms with E-state index in [0.717, 1.165) is 19.6 Å². The van der Waals surface area contributed by atoms with E-state index in [-0.39, 0.29) is 0 Å². The molecule has 2 rings (SSSR count). The van der Waals surface area contributed by atoms with Gasteiger partial charge in [-0.3, -0.25) is 0 Å². The third-order valence-electron chi connectivity index (χ3n) is 4.63. The zero-order valence-corrected chi connectivity index (χ0v) is 13.6. The predicted octanol–water partition coefficient (Wildman–Crippen LogP) is 4.20. The molecule has 1 aromatic rings. The van der Waals surface area contributed by atoms with Crippen LogP contribution < -0.4 is 10.2 Å². The molecule has 1 unspecified atom stereocenters. The number of anilines is 1. The zero-order chi connectivity index (χ0) is 14.6. The molecule has 0 saturated heterocycles. The van der Waals surface area contributed by atoms with Crippen molar-refractivity contribution in [2.75, 3.05) is 18.0 Å². The van der Waals surface area contributed by atoms with Gasteiger partial charge in [0.25, 0.3) is 0 Å². The van der Waals surface area contributed by atoms with Gasteiger partial charge in [0.05, 0.1) is 0 Å². The summed E-state index contributed by atoms with van der Waals surface area (Å²) in [6.07, 6.45) is 3.99. The molecule has 0 aromatic heterocycles. The first-order chi connectivity index (χ1) is 9.54. The Morgan fingerprint density at radius 1 is 1.15 bits per heavy atom. The Bertz CT molecular complexity index is 404. The molecule has 0 spiro atoms. The molecule has 2 nitrogen and oxygen atoms in total. The van der Waals surface area contributed by atoms with Gasteiger partial charge in [-0.1, -0.05) is 26.0 Å². The molecule has 1 aromatic carbocycles. The van der Waals surface area contributed by atoms with Gasteiger partial charge in [0, 0.05) is 31.4 Å². The summed E-state index contributed by atoms with van der Waals surface area (Å²) in [6, 6.07) is 9.74. The summed E-state index contributed by atoms with van der Waals surface area (Å²) in [7, 11) is 0. The van der Waals surface area contributed by atoms with E-state index in [9.17, 15) is 0 Å². The number of benzene rings is 1. The highest BCUT2D eigenvalue weighted by Crippen LogP contribution is 2.36. The van der Waals surface area contributed by atoms with Gasteiger partial charge < -0.3 is 10.2 Å². The SMILES string of the molecule is CCN(CC)c1ccc(CNC2CCC(C)(C)C2)cc1. The summed E-state index contributed by atoms with van der Waals surface area (Å²) in [5.74, 6) is 0. The maximum absolute atomic E-state index is 3.72. The Morgan fingerprint density at radius 3 is 2.30 bits per heavy atom. The fraction of sp³-hybridized carbons (Fsp3) is 0.667. The minimum atomic E-state index is 0.532. The van der Waals surface area contributed by atoms with Crippen LogP contribution in [0.4, 0.5) is 5.69 Å². The van der Waals surface area contributed by atoms with Gasteiger partial charge in [0.2, 0.25) is 0 Å². The van der Waals surface area contributed by atoms with Crippen LogP contribution in [0.1, 0.15) is 52.5 Å². The highest BCUT2D eigenvalue weighted by atomic mass is 15.1. The molecule has 1 fully saturated rings. The van der Waals surface area contributed by atoms with Crippen molar-refractivity contribution < 1.29 is 0 Å². The zero-order valence-electron chi connectivity index (χ0n) is 13.6. The third kappa shape index (κ3) is 3.99. The molecule has 1 atom stereocenters. The Kier molecular flexibility index (Phi) is 5.09. The Balaban J connectivity index is 1.85. The third-order valence-corrected chi connectivity index (χ3v) is 4.63. The van der Waals surface area contributed by atoms with Gasteiger partial charge in [-0.2, -0.15) is 0 Å². The molecule has 2 heteroatoms. The number of nitrogens with one attached hydrogen (secondary N) is 1. The molecule has 0 radical (unpaired) electrons. The molecule has 1 N–H and O–H groups in total. The number of rotatable bonds is 6. The second kappa shape index (κ2) is 6.62. The second-order valence-electron chi connectivity index (χ2n) is 6.82. The van der Waals surface area contributed by atoms with Crippen LogP contribution in [-0.4, -0.2) is 19.1 Å². The Morgan fingerprint density at radius 2 is 1.80 bits per heavy atom. The summed E-state index contributed by atoms with van der Waals surface area (Å²) in [5, 5.41) is 3.72. The maximum Gasteiger partial charge on any atom is 0.0366 e. The van der Waals surface area contributed by atoms with E-state index in [4.69, 9.17) is 0 Å². The second-order valence-corrected chi connectivity index (χ2v) is 6.82. The molecule has 0 aliphatic heterocycles. The summed E-state index contributed by atoms with van der Waals surface area (Å²) >= 11 is 0. The average Bonchev–Trinajstić information content (AvgIpc) is 2.79. The van der Waals surface area contributed by atoms with E-state index >= 15 is 0 Å². The molecule has 0 bridgehead atoms. The number of hydrogen-bond acceptors (Lipinski definition) is 2. The van der Waals surface area contributed by atoms with Crippen LogP contribution in [0.25, 0.3) is 0 Å². The van der Waals surface area contributed by atoms with E-state index < -0.39 is 0 Å². The summed E-state index contributed by atoms with van der Waals surface area (Å²) in [6.45, 7) is 12.3. The molecule has 1 aliphatic carbocycles. The minimum absolute atomic E-state index is 0.532. The van der Waals surface area contributed by atoms with Crippen molar-refractivity contribution in [1.82, 2.24) is 5.32 Å². The fourth-order valence-electron chi connectivity index (χ4n) is 3.29. The highest BCUT2D eigenvalue weighted by Gasteiger charge is 2.30. The average molecular weight is 274 g/mol. The van der Waals surface area contributed by atoms with Crippen molar-refractivity contribution in [3.63, 3.8) is 0 Å². The van der Waals surface area contributed by atoms with Crippen molar-refractivity contribution >= 4 is 5.69 Å². The highest BCUT2D eigenvalue weighted by molar-refractivity contribution is 5.47. The normalized spacial score (nSPS) is 21.1. The molecular formula is C18H30N2. The lowest BCUT2D eigenvalue weighted by Crippen LogP contribution is -2.27. The topological polar surface area (TPSA) is 15.3 Å². The molecule has 1 aliphatic rings. The quantitative estimate of drug-likeness (QED) is 0.836. The van der Waals surface area contributed by atoms with E-state index in [2.05, 4.69) is 62.2 Å². The van der Waals surface area contributed by atoms with E-state index in [1.807, 2.05) is 0 Å². The van der Waals surface area contributed by atoms with Gasteiger partial charge in [0.1, 0.15) is 0 Å². The van der Waals surface area contributed by atoms with Crippen molar-refractivity contribution in [2.45, 2.75) is 59.5 Å². The van der Waals surface area contributed by atoms with Gasteiger partial charge in [-0.15, -0.1) is 0 Å². The Labute approximate surface area is 124 Å². The van der Waals surface area contributed by atoms with Gasteiger partial charge in [-0.05, 0) is 56.2 Å². The van der Waals surface area contributed by atoms with Crippen molar-refractivity contribution in [3.05, 3.63) is 29.8 Å².